The van der Waals surface area contributed by atoms with Gasteiger partial charge < -0.3 is 14.5 Å². The van der Waals surface area contributed by atoms with Crippen LogP contribution in [0.25, 0.3) is 36.9 Å². The summed E-state index contributed by atoms with van der Waals surface area (Å²) in [7, 11) is 1.77. The SMILES string of the molecule is COC1=CCC2(C)C(=C1)c1c(N(c3ccccc3)c3ccc4sc5ccccc5c4c3)cccc1N2c1ccc(-c2ccccc2)cc1. The Bertz CT molecular complexity index is 2370. The molecule has 1 aromatic heterocycles. The molecule has 0 radical (unpaired) electrons. The normalized spacial score (nSPS) is 16.8. The lowest BCUT2D eigenvalue weighted by Crippen LogP contribution is -2.40. The molecule has 0 fully saturated rings. The van der Waals surface area contributed by atoms with Crippen LogP contribution in [0.4, 0.5) is 28.4 Å². The van der Waals surface area contributed by atoms with E-state index >= 15 is 0 Å². The van der Waals surface area contributed by atoms with Crippen LogP contribution in [0.15, 0.2) is 164 Å². The number of rotatable bonds is 6. The molecule has 0 bridgehead atoms. The van der Waals surface area contributed by atoms with Crippen LogP contribution < -0.4 is 9.80 Å². The number of methoxy groups -OCH3 is 1. The van der Waals surface area contributed by atoms with Gasteiger partial charge in [0.25, 0.3) is 0 Å². The Kier molecular flexibility index (Phi) is 6.73. The summed E-state index contributed by atoms with van der Waals surface area (Å²) < 4.78 is 8.48. The van der Waals surface area contributed by atoms with Gasteiger partial charge in [-0.15, -0.1) is 11.3 Å². The number of anilines is 5. The van der Waals surface area contributed by atoms with E-state index in [4.69, 9.17) is 4.74 Å². The molecule has 1 aliphatic carbocycles. The van der Waals surface area contributed by atoms with E-state index in [2.05, 4.69) is 174 Å². The van der Waals surface area contributed by atoms with E-state index in [1.54, 1.807) is 7.11 Å². The fraction of sp³-hybridized carbons (Fsp3) is 0.0909. The Balaban J connectivity index is 1.26. The highest BCUT2D eigenvalue weighted by Crippen LogP contribution is 2.58. The number of fused-ring (bicyclic) bond motifs is 6. The third kappa shape index (κ3) is 4.48. The van der Waals surface area contributed by atoms with E-state index in [-0.39, 0.29) is 5.54 Å². The molecule has 0 saturated carbocycles. The molecule has 4 heteroatoms. The van der Waals surface area contributed by atoms with E-state index < -0.39 is 0 Å². The highest BCUT2D eigenvalue weighted by atomic mass is 32.1. The smallest absolute Gasteiger partial charge is 0.115 e. The van der Waals surface area contributed by atoms with E-state index in [9.17, 15) is 0 Å². The molecule has 48 heavy (non-hydrogen) atoms. The second kappa shape index (κ2) is 11.3. The number of allylic oxidation sites excluding steroid dienone is 1. The molecule has 0 spiro atoms. The second-order valence-electron chi connectivity index (χ2n) is 12.7. The Hall–Kier alpha value is -5.58. The van der Waals surface area contributed by atoms with Crippen LogP contribution in [0.1, 0.15) is 18.9 Å². The summed E-state index contributed by atoms with van der Waals surface area (Å²) in [4.78, 5) is 4.97. The van der Waals surface area contributed by atoms with Gasteiger partial charge in [-0.3, -0.25) is 0 Å². The summed E-state index contributed by atoms with van der Waals surface area (Å²) in [6.45, 7) is 2.37. The van der Waals surface area contributed by atoms with Crippen molar-refractivity contribution < 1.29 is 4.74 Å². The van der Waals surface area contributed by atoms with Crippen LogP contribution in [-0.4, -0.2) is 12.6 Å². The zero-order valence-electron chi connectivity index (χ0n) is 26.9. The molecular formula is C44H34N2OS. The average Bonchev–Trinajstić information content (AvgIpc) is 3.64. The van der Waals surface area contributed by atoms with Gasteiger partial charge in [0.1, 0.15) is 5.76 Å². The first kappa shape index (κ1) is 28.6. The highest BCUT2D eigenvalue weighted by molar-refractivity contribution is 7.25. The summed E-state index contributed by atoms with van der Waals surface area (Å²) in [6.07, 6.45) is 5.31. The van der Waals surface area contributed by atoms with E-state index in [1.807, 2.05) is 11.3 Å². The van der Waals surface area contributed by atoms with Gasteiger partial charge in [0.2, 0.25) is 0 Å². The van der Waals surface area contributed by atoms with Gasteiger partial charge in [-0.2, -0.15) is 0 Å². The molecule has 0 saturated heterocycles. The average molecular weight is 639 g/mol. The summed E-state index contributed by atoms with van der Waals surface area (Å²) in [5, 5.41) is 2.58. The maximum atomic E-state index is 5.87. The van der Waals surface area contributed by atoms with Gasteiger partial charge in [0.05, 0.1) is 24.0 Å². The number of hydrogen-bond acceptors (Lipinski definition) is 4. The topological polar surface area (TPSA) is 15.7 Å². The third-order valence-corrected chi connectivity index (χ3v) is 11.1. The molecule has 1 atom stereocenters. The van der Waals surface area contributed by atoms with Crippen LogP contribution in [0.2, 0.25) is 0 Å². The number of thiophene rings is 1. The third-order valence-electron chi connectivity index (χ3n) is 9.93. The standard InChI is InChI=1S/C44H34N2OS/c1-44-27-26-35(47-2)29-38(44)43-39(17-11-18-40(43)46(44)33-22-20-31(21-23-33)30-12-5-3-6-13-30)45(32-14-7-4-8-15-32)34-24-25-42-37(28-34)36-16-9-10-19-41(36)48-42/h3-26,28-29H,27H2,1-2H3. The Morgan fingerprint density at radius 3 is 2.17 bits per heavy atom. The van der Waals surface area contributed by atoms with Crippen molar-refractivity contribution in [1.82, 2.24) is 0 Å². The van der Waals surface area contributed by atoms with E-state index in [0.717, 1.165) is 29.2 Å². The minimum Gasteiger partial charge on any atom is -0.497 e. The predicted molar refractivity (Wildman–Crippen MR) is 204 cm³/mol. The van der Waals surface area contributed by atoms with Gasteiger partial charge >= 0.3 is 0 Å². The van der Waals surface area contributed by atoms with Gasteiger partial charge in [-0.25, -0.2) is 0 Å². The van der Waals surface area contributed by atoms with Crippen LogP contribution in [0.3, 0.4) is 0 Å². The molecular weight excluding hydrogens is 605 g/mol. The first-order valence-corrected chi connectivity index (χ1v) is 17.3. The number of para-hydroxylation sites is 1. The molecule has 232 valence electrons. The van der Waals surface area contributed by atoms with Crippen molar-refractivity contribution in [2.45, 2.75) is 18.9 Å². The maximum Gasteiger partial charge on any atom is 0.115 e. The van der Waals surface area contributed by atoms with E-state index in [0.29, 0.717) is 0 Å². The fourth-order valence-electron chi connectivity index (χ4n) is 7.62. The molecule has 6 aromatic carbocycles. The monoisotopic (exact) mass is 638 g/mol. The first-order valence-electron chi connectivity index (χ1n) is 16.4. The Morgan fingerprint density at radius 1 is 0.667 bits per heavy atom. The number of ether oxygens (including phenoxy) is 1. The van der Waals surface area contributed by atoms with Crippen LogP contribution in [-0.2, 0) is 4.74 Å². The number of hydrogen-bond donors (Lipinski definition) is 0. The van der Waals surface area contributed by atoms with Crippen LogP contribution in [0.5, 0.6) is 0 Å². The zero-order valence-corrected chi connectivity index (χ0v) is 27.7. The maximum absolute atomic E-state index is 5.87. The van der Waals surface area contributed by atoms with Crippen LogP contribution >= 0.6 is 11.3 Å². The molecule has 7 aromatic rings. The van der Waals surface area contributed by atoms with E-state index in [1.165, 1.54) is 53.8 Å². The lowest BCUT2D eigenvalue weighted by Gasteiger charge is -2.39. The lowest BCUT2D eigenvalue weighted by molar-refractivity contribution is 0.301. The largest absolute Gasteiger partial charge is 0.497 e. The van der Waals surface area contributed by atoms with Crippen molar-refractivity contribution >= 4 is 65.5 Å². The van der Waals surface area contributed by atoms with Gasteiger partial charge in [0.15, 0.2) is 0 Å². The molecule has 1 unspecified atom stereocenters. The van der Waals surface area contributed by atoms with Crippen molar-refractivity contribution in [3.63, 3.8) is 0 Å². The van der Waals surface area contributed by atoms with Crippen molar-refractivity contribution in [2.75, 3.05) is 16.9 Å². The minimum absolute atomic E-state index is 0.301. The number of nitrogens with zero attached hydrogens (tertiary/aromatic N) is 2. The Labute approximate surface area is 285 Å². The molecule has 2 aliphatic rings. The quantitative estimate of drug-likeness (QED) is 0.180. The van der Waals surface area contributed by atoms with Crippen molar-refractivity contribution in [3.05, 3.63) is 169 Å². The molecule has 9 rings (SSSR count). The molecule has 0 amide bonds. The van der Waals surface area contributed by atoms with Crippen LogP contribution in [0, 0.1) is 0 Å². The zero-order chi connectivity index (χ0) is 32.2. The van der Waals surface area contributed by atoms with Gasteiger partial charge in [-0.1, -0.05) is 84.9 Å². The fourth-order valence-corrected chi connectivity index (χ4v) is 8.71. The number of benzene rings is 6. The summed E-state index contributed by atoms with van der Waals surface area (Å²) in [6, 6.07) is 52.8. The molecule has 2 heterocycles. The predicted octanol–water partition coefficient (Wildman–Crippen LogP) is 12.4. The van der Waals surface area contributed by atoms with Crippen molar-refractivity contribution in [2.24, 2.45) is 0 Å². The highest BCUT2D eigenvalue weighted by Gasteiger charge is 2.47. The summed E-state index contributed by atoms with van der Waals surface area (Å²) in [5.74, 6) is 0.905. The molecule has 3 nitrogen and oxygen atoms in total. The van der Waals surface area contributed by atoms with Gasteiger partial charge in [-0.05, 0) is 103 Å². The van der Waals surface area contributed by atoms with Gasteiger partial charge in [0, 0.05) is 42.8 Å². The molecule has 0 N–H and O–H groups in total. The Morgan fingerprint density at radius 2 is 1.38 bits per heavy atom. The summed E-state index contributed by atoms with van der Waals surface area (Å²) >= 11 is 1.85. The van der Waals surface area contributed by atoms with Crippen molar-refractivity contribution in [3.8, 4) is 11.1 Å². The molecule has 1 aliphatic heterocycles. The minimum atomic E-state index is -0.301. The second-order valence-corrected chi connectivity index (χ2v) is 13.8. The van der Waals surface area contributed by atoms with Crippen molar-refractivity contribution in [1.29, 1.82) is 0 Å². The summed E-state index contributed by atoms with van der Waals surface area (Å²) in [5.41, 5.74) is 10.4. The lowest BCUT2D eigenvalue weighted by atomic mass is 9.82. The first-order chi connectivity index (χ1) is 23.6.